The number of rotatable bonds is 7. The molecule has 178 valence electrons. The lowest BCUT2D eigenvalue weighted by atomic mass is 9.98. The Kier molecular flexibility index (Phi) is 7.23. The molecular formula is C25H23F2NO5S. The second-order valence-corrected chi connectivity index (χ2v) is 9.83. The first kappa shape index (κ1) is 23.8. The molecule has 6 nitrogen and oxygen atoms in total. The van der Waals surface area contributed by atoms with Crippen LogP contribution in [0.15, 0.2) is 77.7 Å². The van der Waals surface area contributed by atoms with Crippen molar-refractivity contribution in [3.63, 3.8) is 0 Å². The summed E-state index contributed by atoms with van der Waals surface area (Å²) in [5.41, 5.74) is 1.04. The number of sulfonamides is 1. The molecule has 4 rings (SSSR count). The highest BCUT2D eigenvalue weighted by Gasteiger charge is 2.34. The highest BCUT2D eigenvalue weighted by molar-refractivity contribution is 7.89. The van der Waals surface area contributed by atoms with Crippen molar-refractivity contribution in [3.05, 3.63) is 90.0 Å². The van der Waals surface area contributed by atoms with Crippen molar-refractivity contribution in [1.29, 1.82) is 0 Å². The van der Waals surface area contributed by atoms with Gasteiger partial charge in [-0.1, -0.05) is 30.3 Å². The number of hydrogen-bond donors (Lipinski definition) is 0. The normalized spacial score (nSPS) is 15.1. The van der Waals surface area contributed by atoms with E-state index in [1.54, 1.807) is 24.3 Å². The van der Waals surface area contributed by atoms with Crippen LogP contribution in [0.25, 0.3) is 0 Å². The van der Waals surface area contributed by atoms with Crippen LogP contribution in [0, 0.1) is 17.6 Å². The van der Waals surface area contributed by atoms with Crippen LogP contribution in [0.3, 0.4) is 0 Å². The van der Waals surface area contributed by atoms with E-state index in [4.69, 9.17) is 9.47 Å². The number of carbonyl (C=O) groups excluding carboxylic acids is 1. The van der Waals surface area contributed by atoms with Gasteiger partial charge in [-0.05, 0) is 54.8 Å². The lowest BCUT2D eigenvalue weighted by molar-refractivity contribution is -0.140. The summed E-state index contributed by atoms with van der Waals surface area (Å²) in [5.74, 6) is -1.94. The molecule has 0 N–H and O–H groups in total. The third-order valence-corrected chi connectivity index (χ3v) is 7.52. The van der Waals surface area contributed by atoms with Crippen molar-refractivity contribution in [2.24, 2.45) is 5.92 Å². The van der Waals surface area contributed by atoms with Crippen molar-refractivity contribution in [3.8, 4) is 11.5 Å². The van der Waals surface area contributed by atoms with Gasteiger partial charge in [-0.2, -0.15) is 4.31 Å². The molecule has 0 saturated carbocycles. The molecule has 9 heteroatoms. The maximum absolute atomic E-state index is 14.0. The zero-order valence-corrected chi connectivity index (χ0v) is 19.0. The average molecular weight is 488 g/mol. The summed E-state index contributed by atoms with van der Waals surface area (Å²) in [5, 5.41) is 0. The number of piperidine rings is 1. The smallest absolute Gasteiger partial charge is 0.314 e. The Morgan fingerprint density at radius 3 is 2.21 bits per heavy atom. The van der Waals surface area contributed by atoms with Gasteiger partial charge in [0.05, 0.1) is 5.92 Å². The number of ether oxygens (including phenoxy) is 2. The van der Waals surface area contributed by atoms with Crippen molar-refractivity contribution in [1.82, 2.24) is 4.31 Å². The Morgan fingerprint density at radius 2 is 1.56 bits per heavy atom. The molecule has 3 aromatic carbocycles. The van der Waals surface area contributed by atoms with Gasteiger partial charge in [-0.25, -0.2) is 17.2 Å². The fraction of sp³-hybridized carbons (Fsp3) is 0.240. The van der Waals surface area contributed by atoms with Crippen LogP contribution in [0.2, 0.25) is 0 Å². The molecule has 0 amide bonds. The lowest BCUT2D eigenvalue weighted by Gasteiger charge is -2.30. The molecule has 1 saturated heterocycles. The first-order chi connectivity index (χ1) is 16.3. The minimum atomic E-state index is -4.12. The van der Waals surface area contributed by atoms with E-state index >= 15 is 0 Å². The third kappa shape index (κ3) is 5.60. The van der Waals surface area contributed by atoms with Gasteiger partial charge >= 0.3 is 5.97 Å². The summed E-state index contributed by atoms with van der Waals surface area (Å²) < 4.78 is 64.8. The van der Waals surface area contributed by atoms with E-state index < -0.39 is 38.4 Å². The quantitative estimate of drug-likeness (QED) is 0.361. The predicted molar refractivity (Wildman–Crippen MR) is 121 cm³/mol. The molecule has 0 aliphatic carbocycles. The molecule has 0 bridgehead atoms. The number of hydrogen-bond acceptors (Lipinski definition) is 5. The second-order valence-electron chi connectivity index (χ2n) is 7.92. The van der Waals surface area contributed by atoms with Gasteiger partial charge in [-0.15, -0.1) is 0 Å². The van der Waals surface area contributed by atoms with Gasteiger partial charge < -0.3 is 9.47 Å². The van der Waals surface area contributed by atoms with Gasteiger partial charge in [0.15, 0.2) is 0 Å². The van der Waals surface area contributed by atoms with Gasteiger partial charge in [0.1, 0.15) is 34.6 Å². The second kappa shape index (κ2) is 10.3. The number of halogens is 2. The van der Waals surface area contributed by atoms with E-state index in [0.717, 1.165) is 22.0 Å². The Balaban J connectivity index is 1.29. The molecule has 0 unspecified atom stereocenters. The lowest BCUT2D eigenvalue weighted by Crippen LogP contribution is -2.41. The average Bonchev–Trinajstić information content (AvgIpc) is 2.84. The molecule has 1 aliphatic rings. The summed E-state index contributed by atoms with van der Waals surface area (Å²) in [7, 11) is -4.12. The minimum Gasteiger partial charge on any atom is -0.489 e. The molecule has 0 aromatic heterocycles. The standard InChI is InChI=1S/C25H23F2NO5S/c26-20-6-11-24(23(27)16-20)34(30,31)28-14-12-19(13-15-28)25(29)33-22-9-7-21(8-10-22)32-17-18-4-2-1-3-5-18/h1-11,16,19H,12-15,17H2. The van der Waals surface area contributed by atoms with Crippen LogP contribution in [0.5, 0.6) is 11.5 Å². The van der Waals surface area contributed by atoms with Crippen molar-refractivity contribution in [2.45, 2.75) is 24.3 Å². The molecule has 1 heterocycles. The summed E-state index contributed by atoms with van der Waals surface area (Å²) >= 11 is 0. The van der Waals surface area contributed by atoms with E-state index in [0.29, 0.717) is 24.2 Å². The fourth-order valence-electron chi connectivity index (χ4n) is 3.70. The van der Waals surface area contributed by atoms with Gasteiger partial charge in [0.2, 0.25) is 10.0 Å². The summed E-state index contributed by atoms with van der Waals surface area (Å²) in [4.78, 5) is 12.0. The minimum absolute atomic E-state index is 0.0329. The number of nitrogens with zero attached hydrogens (tertiary/aromatic N) is 1. The maximum atomic E-state index is 14.0. The zero-order chi connectivity index (χ0) is 24.1. The summed E-state index contributed by atoms with van der Waals surface area (Å²) in [6.45, 7) is 0.486. The molecule has 1 fully saturated rings. The van der Waals surface area contributed by atoms with E-state index in [9.17, 15) is 22.0 Å². The Labute approximate surface area is 196 Å². The highest BCUT2D eigenvalue weighted by atomic mass is 32.2. The van der Waals surface area contributed by atoms with Crippen molar-refractivity contribution < 1.29 is 31.5 Å². The number of carbonyl (C=O) groups is 1. The number of benzene rings is 3. The van der Waals surface area contributed by atoms with E-state index in [2.05, 4.69) is 0 Å². The fourth-order valence-corrected chi connectivity index (χ4v) is 5.21. The molecular weight excluding hydrogens is 464 g/mol. The van der Waals surface area contributed by atoms with E-state index in [1.807, 2.05) is 30.3 Å². The maximum Gasteiger partial charge on any atom is 0.314 e. The van der Waals surface area contributed by atoms with E-state index in [-0.39, 0.29) is 25.9 Å². The van der Waals surface area contributed by atoms with Crippen LogP contribution in [-0.2, 0) is 21.4 Å². The molecule has 0 radical (unpaired) electrons. The van der Waals surface area contributed by atoms with Crippen LogP contribution < -0.4 is 9.47 Å². The Bertz CT molecular complexity index is 1240. The first-order valence-electron chi connectivity index (χ1n) is 10.8. The van der Waals surface area contributed by atoms with Gasteiger partial charge in [0.25, 0.3) is 0 Å². The van der Waals surface area contributed by atoms with Crippen molar-refractivity contribution in [2.75, 3.05) is 13.1 Å². The molecule has 1 aliphatic heterocycles. The summed E-state index contributed by atoms with van der Waals surface area (Å²) in [6, 6.07) is 18.7. The number of esters is 1. The first-order valence-corrected chi connectivity index (χ1v) is 12.2. The molecule has 0 spiro atoms. The highest BCUT2D eigenvalue weighted by Crippen LogP contribution is 2.27. The SMILES string of the molecule is O=C(Oc1ccc(OCc2ccccc2)cc1)C1CCN(S(=O)(=O)c2ccc(F)cc2F)CC1. The zero-order valence-electron chi connectivity index (χ0n) is 18.2. The molecule has 0 atom stereocenters. The largest absolute Gasteiger partial charge is 0.489 e. The Hall–Kier alpha value is -3.30. The van der Waals surface area contributed by atoms with Crippen LogP contribution >= 0.6 is 0 Å². The van der Waals surface area contributed by atoms with Crippen LogP contribution in [-0.4, -0.2) is 31.8 Å². The van der Waals surface area contributed by atoms with Crippen molar-refractivity contribution >= 4 is 16.0 Å². The van der Waals surface area contributed by atoms with Crippen LogP contribution in [0.1, 0.15) is 18.4 Å². The molecule has 34 heavy (non-hydrogen) atoms. The summed E-state index contributed by atoms with van der Waals surface area (Å²) in [6.07, 6.45) is 0.471. The van der Waals surface area contributed by atoms with Crippen LogP contribution in [0.4, 0.5) is 8.78 Å². The van der Waals surface area contributed by atoms with Gasteiger partial charge in [0, 0.05) is 19.2 Å². The Morgan fingerprint density at radius 1 is 0.912 bits per heavy atom. The third-order valence-electron chi connectivity index (χ3n) is 5.59. The molecule has 3 aromatic rings. The monoisotopic (exact) mass is 487 g/mol. The van der Waals surface area contributed by atoms with Gasteiger partial charge in [-0.3, -0.25) is 4.79 Å². The van der Waals surface area contributed by atoms with E-state index in [1.165, 1.54) is 0 Å². The predicted octanol–water partition coefficient (Wildman–Crippen LogP) is 4.55. The topological polar surface area (TPSA) is 72.9 Å².